The maximum atomic E-state index is 11.9. The highest BCUT2D eigenvalue weighted by Crippen LogP contribution is 2.21. The van der Waals surface area contributed by atoms with Gasteiger partial charge in [0.2, 0.25) is 0 Å². The van der Waals surface area contributed by atoms with E-state index in [2.05, 4.69) is 51.0 Å². The van der Waals surface area contributed by atoms with Crippen LogP contribution in [-0.2, 0) is 4.74 Å². The van der Waals surface area contributed by atoms with Crippen LogP contribution in [0, 0.1) is 5.92 Å². The lowest BCUT2D eigenvalue weighted by Gasteiger charge is -2.09. The van der Waals surface area contributed by atoms with E-state index in [4.69, 9.17) is 4.74 Å². The zero-order valence-electron chi connectivity index (χ0n) is 11.2. The Bertz CT molecular complexity index is 422. The van der Waals surface area contributed by atoms with E-state index in [1.807, 2.05) is 12.1 Å². The highest BCUT2D eigenvalue weighted by Gasteiger charge is 2.09. The molecule has 0 fully saturated rings. The van der Waals surface area contributed by atoms with Crippen LogP contribution in [0.25, 0.3) is 0 Å². The Kier molecular flexibility index (Phi) is 7.64. The predicted octanol–water partition coefficient (Wildman–Crippen LogP) is 4.00. The number of carbonyl (C=O) groups is 1. The second kappa shape index (κ2) is 8.72. The third-order valence-electron chi connectivity index (χ3n) is 2.55. The molecule has 1 rings (SSSR count). The number of nitrogens with one attached hydrogen (secondary N) is 1. The lowest BCUT2D eigenvalue weighted by atomic mass is 10.1. The fraction of sp³-hybridized carbons (Fsp3) is 0.500. The van der Waals surface area contributed by atoms with Crippen molar-refractivity contribution in [1.82, 2.24) is 5.32 Å². The average molecular weight is 393 g/mol. The van der Waals surface area contributed by atoms with Gasteiger partial charge in [0.15, 0.2) is 0 Å². The van der Waals surface area contributed by atoms with Crippen LogP contribution in [0.1, 0.15) is 30.6 Å². The molecule has 5 heteroatoms. The number of hydrogen-bond acceptors (Lipinski definition) is 2. The smallest absolute Gasteiger partial charge is 0.252 e. The summed E-state index contributed by atoms with van der Waals surface area (Å²) in [5.41, 5.74) is 0.630. The number of ether oxygens (including phenoxy) is 1. The molecule has 0 spiro atoms. The van der Waals surface area contributed by atoms with Gasteiger partial charge in [0.05, 0.1) is 12.2 Å². The lowest BCUT2D eigenvalue weighted by Crippen LogP contribution is -2.27. The third-order valence-corrected chi connectivity index (χ3v) is 3.70. The van der Waals surface area contributed by atoms with Crippen LogP contribution in [0.2, 0.25) is 0 Å². The molecule has 3 nitrogen and oxygen atoms in total. The molecule has 0 aliphatic rings. The number of rotatable bonds is 7. The van der Waals surface area contributed by atoms with Crippen LogP contribution < -0.4 is 5.32 Å². The maximum absolute atomic E-state index is 11.9. The second-order valence-corrected chi connectivity index (χ2v) is 6.44. The van der Waals surface area contributed by atoms with E-state index < -0.39 is 0 Å². The minimum atomic E-state index is -0.0909. The zero-order chi connectivity index (χ0) is 14.3. The van der Waals surface area contributed by atoms with Gasteiger partial charge in [-0.2, -0.15) is 0 Å². The van der Waals surface area contributed by atoms with Crippen LogP contribution in [-0.4, -0.2) is 25.7 Å². The van der Waals surface area contributed by atoms with Gasteiger partial charge >= 0.3 is 0 Å². The molecule has 0 unspecified atom stereocenters. The molecule has 0 saturated carbocycles. The third kappa shape index (κ3) is 6.54. The van der Waals surface area contributed by atoms with Gasteiger partial charge in [0.1, 0.15) is 0 Å². The average Bonchev–Trinajstić information content (AvgIpc) is 2.32. The first-order chi connectivity index (χ1) is 9.00. The number of carbonyl (C=O) groups excluding carboxylic acids is 1. The Labute approximate surface area is 131 Å². The molecule has 19 heavy (non-hydrogen) atoms. The van der Waals surface area contributed by atoms with Crippen molar-refractivity contribution in [1.29, 1.82) is 0 Å². The summed E-state index contributed by atoms with van der Waals surface area (Å²) >= 11 is 6.73. The first-order valence-corrected chi connectivity index (χ1v) is 7.90. The SMILES string of the molecule is CC(C)CCOCCNC(=O)c1ccc(Br)cc1Br. The van der Waals surface area contributed by atoms with Crippen LogP contribution in [0.5, 0.6) is 0 Å². The molecule has 0 saturated heterocycles. The fourth-order valence-corrected chi connectivity index (χ4v) is 2.65. The van der Waals surface area contributed by atoms with E-state index in [1.54, 1.807) is 6.07 Å². The quantitative estimate of drug-likeness (QED) is 0.712. The van der Waals surface area contributed by atoms with Gasteiger partial charge in [-0.15, -0.1) is 0 Å². The Morgan fingerprint density at radius 3 is 2.68 bits per heavy atom. The standard InChI is InChI=1S/C14H19Br2NO2/c1-10(2)5-7-19-8-6-17-14(18)12-4-3-11(15)9-13(12)16/h3-4,9-10H,5-8H2,1-2H3,(H,17,18). The molecule has 0 bridgehead atoms. The fourth-order valence-electron chi connectivity index (χ4n) is 1.43. The molecule has 1 N–H and O–H groups in total. The van der Waals surface area contributed by atoms with Gasteiger partial charge < -0.3 is 10.1 Å². The van der Waals surface area contributed by atoms with Crippen LogP contribution in [0.4, 0.5) is 0 Å². The highest BCUT2D eigenvalue weighted by molar-refractivity contribution is 9.11. The van der Waals surface area contributed by atoms with E-state index in [-0.39, 0.29) is 5.91 Å². The first-order valence-electron chi connectivity index (χ1n) is 6.31. The molecule has 1 aromatic rings. The summed E-state index contributed by atoms with van der Waals surface area (Å²) in [5, 5.41) is 2.84. The number of halogens is 2. The van der Waals surface area contributed by atoms with Crippen molar-refractivity contribution in [2.45, 2.75) is 20.3 Å². The van der Waals surface area contributed by atoms with Gasteiger partial charge in [-0.05, 0) is 46.5 Å². The highest BCUT2D eigenvalue weighted by atomic mass is 79.9. The monoisotopic (exact) mass is 391 g/mol. The topological polar surface area (TPSA) is 38.3 Å². The van der Waals surface area contributed by atoms with E-state index in [9.17, 15) is 4.79 Å². The lowest BCUT2D eigenvalue weighted by molar-refractivity contribution is 0.0905. The van der Waals surface area contributed by atoms with E-state index in [1.165, 1.54) is 0 Å². The molecular formula is C14H19Br2NO2. The molecule has 0 aromatic heterocycles. The summed E-state index contributed by atoms with van der Waals surface area (Å²) in [4.78, 5) is 11.9. The molecular weight excluding hydrogens is 374 g/mol. The number of benzene rings is 1. The summed E-state index contributed by atoms with van der Waals surface area (Å²) in [6, 6.07) is 5.48. The molecule has 0 atom stereocenters. The molecule has 1 aromatic carbocycles. The van der Waals surface area contributed by atoms with Crippen LogP contribution in [0.3, 0.4) is 0 Å². The summed E-state index contributed by atoms with van der Waals surface area (Å²) in [6.45, 7) is 6.15. The summed E-state index contributed by atoms with van der Waals surface area (Å²) in [6.07, 6.45) is 1.05. The molecule has 0 heterocycles. The van der Waals surface area contributed by atoms with Gasteiger partial charge in [-0.25, -0.2) is 0 Å². The van der Waals surface area contributed by atoms with E-state index in [0.29, 0.717) is 24.6 Å². The second-order valence-electron chi connectivity index (χ2n) is 4.67. The van der Waals surface area contributed by atoms with Crippen molar-refractivity contribution in [2.24, 2.45) is 5.92 Å². The van der Waals surface area contributed by atoms with Gasteiger partial charge in [-0.3, -0.25) is 4.79 Å². The first kappa shape index (κ1) is 16.7. The number of hydrogen-bond donors (Lipinski definition) is 1. The Balaban J connectivity index is 2.28. The van der Waals surface area contributed by atoms with E-state index >= 15 is 0 Å². The van der Waals surface area contributed by atoms with Crippen LogP contribution >= 0.6 is 31.9 Å². The van der Waals surface area contributed by atoms with Crippen molar-refractivity contribution in [3.63, 3.8) is 0 Å². The summed E-state index contributed by atoms with van der Waals surface area (Å²) < 4.78 is 7.16. The summed E-state index contributed by atoms with van der Waals surface area (Å²) in [5.74, 6) is 0.556. The van der Waals surface area contributed by atoms with Crippen molar-refractivity contribution >= 4 is 37.8 Å². The number of amides is 1. The van der Waals surface area contributed by atoms with Crippen molar-refractivity contribution in [3.05, 3.63) is 32.7 Å². The maximum Gasteiger partial charge on any atom is 0.252 e. The van der Waals surface area contributed by atoms with Crippen molar-refractivity contribution in [3.8, 4) is 0 Å². The summed E-state index contributed by atoms with van der Waals surface area (Å²) in [7, 11) is 0. The van der Waals surface area contributed by atoms with E-state index in [0.717, 1.165) is 22.0 Å². The predicted molar refractivity (Wildman–Crippen MR) is 84.4 cm³/mol. The van der Waals surface area contributed by atoms with Gasteiger partial charge in [0, 0.05) is 22.1 Å². The largest absolute Gasteiger partial charge is 0.380 e. The minimum Gasteiger partial charge on any atom is -0.380 e. The Morgan fingerprint density at radius 1 is 1.32 bits per heavy atom. The van der Waals surface area contributed by atoms with Gasteiger partial charge in [-0.1, -0.05) is 29.8 Å². The normalized spacial score (nSPS) is 10.8. The minimum absolute atomic E-state index is 0.0909. The molecule has 0 aliphatic heterocycles. The van der Waals surface area contributed by atoms with Crippen molar-refractivity contribution in [2.75, 3.05) is 19.8 Å². The zero-order valence-corrected chi connectivity index (χ0v) is 14.4. The van der Waals surface area contributed by atoms with Gasteiger partial charge in [0.25, 0.3) is 5.91 Å². The van der Waals surface area contributed by atoms with Crippen molar-refractivity contribution < 1.29 is 9.53 Å². The Hall–Kier alpha value is -0.390. The molecule has 0 radical (unpaired) electrons. The van der Waals surface area contributed by atoms with Crippen LogP contribution in [0.15, 0.2) is 27.1 Å². The Morgan fingerprint density at radius 2 is 2.05 bits per heavy atom. The molecule has 0 aliphatic carbocycles. The molecule has 106 valence electrons. The molecule has 1 amide bonds.